The second kappa shape index (κ2) is 9.98. The van der Waals surface area contributed by atoms with E-state index in [2.05, 4.69) is 26.6 Å². The highest BCUT2D eigenvalue weighted by molar-refractivity contribution is 9.10. The lowest BCUT2D eigenvalue weighted by molar-refractivity contribution is -0.123. The van der Waals surface area contributed by atoms with E-state index in [9.17, 15) is 9.59 Å². The molecule has 2 amide bonds. The van der Waals surface area contributed by atoms with Gasteiger partial charge < -0.3 is 24.5 Å². The molecule has 2 aromatic carbocycles. The molecule has 8 heteroatoms. The smallest absolute Gasteiger partial charge is 0.291 e. The largest absolute Gasteiger partial charge is 0.496 e. The van der Waals surface area contributed by atoms with Crippen LogP contribution in [0.5, 0.6) is 11.5 Å². The van der Waals surface area contributed by atoms with Crippen LogP contribution in [-0.4, -0.2) is 25.5 Å². The van der Waals surface area contributed by atoms with Gasteiger partial charge in [-0.05, 0) is 64.8 Å². The molecule has 0 radical (unpaired) electrons. The van der Waals surface area contributed by atoms with Gasteiger partial charge in [0, 0.05) is 11.8 Å². The number of carbonyl (C=O) groups is 2. The van der Waals surface area contributed by atoms with E-state index in [4.69, 9.17) is 13.9 Å². The number of hydrogen-bond acceptors (Lipinski definition) is 5. The molecule has 1 heterocycles. The average Bonchev–Trinajstić information content (AvgIpc) is 3.27. The Morgan fingerprint density at radius 1 is 1.13 bits per heavy atom. The monoisotopic (exact) mass is 472 g/mol. The Labute approximate surface area is 182 Å². The summed E-state index contributed by atoms with van der Waals surface area (Å²) < 4.78 is 16.7. The van der Waals surface area contributed by atoms with Gasteiger partial charge in [-0.3, -0.25) is 9.59 Å². The molecule has 3 rings (SSSR count). The van der Waals surface area contributed by atoms with Crippen molar-refractivity contribution in [2.24, 2.45) is 0 Å². The fourth-order valence-corrected chi connectivity index (χ4v) is 3.29. The average molecular weight is 473 g/mol. The van der Waals surface area contributed by atoms with Crippen molar-refractivity contribution in [2.75, 3.05) is 19.0 Å². The van der Waals surface area contributed by atoms with Crippen LogP contribution in [-0.2, 0) is 4.79 Å². The summed E-state index contributed by atoms with van der Waals surface area (Å²) in [6, 6.07) is 15.4. The Balaban J connectivity index is 1.53. The van der Waals surface area contributed by atoms with E-state index in [1.165, 1.54) is 6.26 Å². The van der Waals surface area contributed by atoms with Gasteiger partial charge >= 0.3 is 0 Å². The molecule has 0 spiro atoms. The summed E-state index contributed by atoms with van der Waals surface area (Å²) in [7, 11) is 1.60. The number of amides is 2. The first-order chi connectivity index (χ1) is 14.5. The molecule has 0 aliphatic heterocycles. The maximum Gasteiger partial charge on any atom is 0.291 e. The molecule has 0 saturated carbocycles. The Hall–Kier alpha value is -3.26. The van der Waals surface area contributed by atoms with Crippen LogP contribution in [0.4, 0.5) is 5.69 Å². The molecule has 1 aromatic heterocycles. The fraction of sp³-hybridized carbons (Fsp3) is 0.182. The Bertz CT molecular complexity index is 1020. The van der Waals surface area contributed by atoms with E-state index in [1.54, 1.807) is 43.5 Å². The summed E-state index contributed by atoms with van der Waals surface area (Å²) in [6.45, 7) is 1.73. The van der Waals surface area contributed by atoms with Crippen molar-refractivity contribution < 1.29 is 23.5 Å². The summed E-state index contributed by atoms with van der Waals surface area (Å²) >= 11 is 3.44. The quantitative estimate of drug-likeness (QED) is 0.501. The predicted molar refractivity (Wildman–Crippen MR) is 116 cm³/mol. The van der Waals surface area contributed by atoms with Gasteiger partial charge in [-0.1, -0.05) is 12.1 Å². The topological polar surface area (TPSA) is 89.8 Å². The maximum absolute atomic E-state index is 12.3. The first-order valence-corrected chi connectivity index (χ1v) is 9.96. The number of anilines is 1. The number of hydrogen-bond donors (Lipinski definition) is 2. The van der Waals surface area contributed by atoms with E-state index in [0.717, 1.165) is 15.8 Å². The van der Waals surface area contributed by atoms with Crippen LogP contribution in [0, 0.1) is 0 Å². The Morgan fingerprint density at radius 3 is 2.67 bits per heavy atom. The third-order valence-electron chi connectivity index (χ3n) is 4.26. The number of rotatable bonds is 8. The molecule has 30 heavy (non-hydrogen) atoms. The van der Waals surface area contributed by atoms with Gasteiger partial charge in [0.1, 0.15) is 11.5 Å². The third kappa shape index (κ3) is 5.64. The van der Waals surface area contributed by atoms with E-state index in [0.29, 0.717) is 11.4 Å². The zero-order chi connectivity index (χ0) is 21.5. The predicted octanol–water partition coefficient (Wildman–Crippen LogP) is 4.56. The minimum absolute atomic E-state index is 0.156. The second-order valence-corrected chi connectivity index (χ2v) is 7.29. The van der Waals surface area contributed by atoms with Crippen LogP contribution in [0.25, 0.3) is 0 Å². The van der Waals surface area contributed by atoms with Crippen LogP contribution in [0.3, 0.4) is 0 Å². The van der Waals surface area contributed by atoms with Gasteiger partial charge in [0.25, 0.3) is 11.8 Å². The van der Waals surface area contributed by atoms with Gasteiger partial charge in [-0.2, -0.15) is 0 Å². The molecule has 2 N–H and O–H groups in total. The van der Waals surface area contributed by atoms with Crippen molar-refractivity contribution >= 4 is 33.4 Å². The number of methoxy groups -OCH3 is 1. The van der Waals surface area contributed by atoms with Crippen LogP contribution >= 0.6 is 15.9 Å². The minimum Gasteiger partial charge on any atom is -0.496 e. The van der Waals surface area contributed by atoms with Crippen LogP contribution < -0.4 is 20.1 Å². The summed E-state index contributed by atoms with van der Waals surface area (Å²) in [5.41, 5.74) is 1.46. The molecular formula is C22H21BrN2O5. The lowest BCUT2D eigenvalue weighted by Crippen LogP contribution is -2.31. The van der Waals surface area contributed by atoms with Crippen molar-refractivity contribution in [3.63, 3.8) is 0 Å². The Kier molecular flexibility index (Phi) is 7.13. The molecule has 0 bridgehead atoms. The van der Waals surface area contributed by atoms with Crippen molar-refractivity contribution in [1.82, 2.24) is 5.32 Å². The molecule has 1 atom stereocenters. The van der Waals surface area contributed by atoms with Crippen molar-refractivity contribution in [3.05, 3.63) is 76.7 Å². The first kappa shape index (κ1) is 21.4. The third-order valence-corrected chi connectivity index (χ3v) is 4.88. The fourth-order valence-electron chi connectivity index (χ4n) is 2.73. The molecule has 7 nitrogen and oxygen atoms in total. The summed E-state index contributed by atoms with van der Waals surface area (Å²) in [6.07, 6.45) is 1.43. The van der Waals surface area contributed by atoms with Crippen LogP contribution in [0.15, 0.2) is 69.8 Å². The lowest BCUT2D eigenvalue weighted by atomic mass is 10.1. The molecule has 156 valence electrons. The van der Waals surface area contributed by atoms with Gasteiger partial charge in [0.2, 0.25) is 0 Å². The Morgan fingerprint density at radius 2 is 1.97 bits per heavy atom. The standard InChI is InChI=1S/C22H21BrN2O5/c1-14(15-8-9-19(28-2)18(23)11-15)24-21(26)13-30-17-6-3-5-16(12-17)25-22(27)20-7-4-10-29-20/h3-12,14H,13H2,1-2H3,(H,24,26)(H,25,27). The van der Waals surface area contributed by atoms with E-state index in [1.807, 2.05) is 25.1 Å². The summed E-state index contributed by atoms with van der Waals surface area (Å²) in [5.74, 6) is 0.760. The summed E-state index contributed by atoms with van der Waals surface area (Å²) in [4.78, 5) is 24.3. The van der Waals surface area contributed by atoms with E-state index < -0.39 is 0 Å². The number of halogens is 1. The molecule has 0 fully saturated rings. The van der Waals surface area contributed by atoms with Gasteiger partial charge in [0.15, 0.2) is 12.4 Å². The minimum atomic E-state index is -0.366. The molecule has 3 aromatic rings. The number of nitrogens with one attached hydrogen (secondary N) is 2. The highest BCUT2D eigenvalue weighted by Crippen LogP contribution is 2.28. The van der Waals surface area contributed by atoms with Crippen LogP contribution in [0.2, 0.25) is 0 Å². The van der Waals surface area contributed by atoms with Crippen molar-refractivity contribution in [1.29, 1.82) is 0 Å². The number of benzene rings is 2. The molecule has 0 aliphatic rings. The van der Waals surface area contributed by atoms with Gasteiger partial charge in [0.05, 0.1) is 23.9 Å². The van der Waals surface area contributed by atoms with E-state index in [-0.39, 0.29) is 30.2 Å². The van der Waals surface area contributed by atoms with Crippen molar-refractivity contribution in [3.8, 4) is 11.5 Å². The number of carbonyl (C=O) groups excluding carboxylic acids is 2. The highest BCUT2D eigenvalue weighted by Gasteiger charge is 2.13. The van der Waals surface area contributed by atoms with Crippen LogP contribution in [0.1, 0.15) is 29.1 Å². The highest BCUT2D eigenvalue weighted by atomic mass is 79.9. The number of furan rings is 1. The number of ether oxygens (including phenoxy) is 2. The molecular weight excluding hydrogens is 452 g/mol. The maximum atomic E-state index is 12.3. The van der Waals surface area contributed by atoms with Gasteiger partial charge in [-0.15, -0.1) is 0 Å². The normalized spacial score (nSPS) is 11.4. The zero-order valence-electron chi connectivity index (χ0n) is 16.5. The molecule has 0 saturated heterocycles. The first-order valence-electron chi connectivity index (χ1n) is 9.17. The SMILES string of the molecule is COc1ccc(C(C)NC(=O)COc2cccc(NC(=O)c3ccco3)c2)cc1Br. The summed E-state index contributed by atoms with van der Waals surface area (Å²) in [5, 5.41) is 5.60. The second-order valence-electron chi connectivity index (χ2n) is 6.43. The lowest BCUT2D eigenvalue weighted by Gasteiger charge is -2.16. The molecule has 0 aliphatic carbocycles. The molecule has 1 unspecified atom stereocenters. The van der Waals surface area contributed by atoms with E-state index >= 15 is 0 Å². The van der Waals surface area contributed by atoms with Crippen molar-refractivity contribution in [2.45, 2.75) is 13.0 Å². The zero-order valence-corrected chi connectivity index (χ0v) is 18.1. The van der Waals surface area contributed by atoms with Gasteiger partial charge in [-0.25, -0.2) is 0 Å².